The van der Waals surface area contributed by atoms with E-state index in [1.54, 1.807) is 0 Å². The second-order valence-corrected chi connectivity index (χ2v) is 5.81. The third-order valence-corrected chi connectivity index (χ3v) is 4.72. The lowest BCUT2D eigenvalue weighted by Crippen LogP contribution is -2.41. The maximum Gasteiger partial charge on any atom is 0.226 e. The van der Waals surface area contributed by atoms with E-state index in [2.05, 4.69) is 24.3 Å². The fourth-order valence-corrected chi connectivity index (χ4v) is 3.56. The molecule has 3 rings (SSSR count). The molecular formula is C16H23ClN2O. The molecule has 3 nitrogen and oxygen atoms in total. The molecule has 1 aromatic carbocycles. The number of carbonyl (C=O) groups is 1. The van der Waals surface area contributed by atoms with Gasteiger partial charge in [-0.1, -0.05) is 30.7 Å². The Morgan fingerprint density at radius 3 is 2.75 bits per heavy atom. The Kier molecular flexibility index (Phi) is 5.06. The normalized spacial score (nSPS) is 24.9. The fraction of sp³-hybridized carbons (Fsp3) is 0.562. The molecule has 2 atom stereocenters. The van der Waals surface area contributed by atoms with Gasteiger partial charge in [0.25, 0.3) is 0 Å². The minimum Gasteiger partial charge on any atom is -0.338 e. The van der Waals surface area contributed by atoms with Gasteiger partial charge in [0.05, 0.1) is 0 Å². The molecule has 2 N–H and O–H groups in total. The first-order valence-electron chi connectivity index (χ1n) is 7.35. The first kappa shape index (κ1) is 15.3. The van der Waals surface area contributed by atoms with Crippen LogP contribution in [0.4, 0.5) is 0 Å². The van der Waals surface area contributed by atoms with Crippen molar-refractivity contribution in [1.29, 1.82) is 0 Å². The van der Waals surface area contributed by atoms with E-state index < -0.39 is 0 Å². The molecule has 2 aliphatic rings. The average Bonchev–Trinajstić information content (AvgIpc) is 2.94. The van der Waals surface area contributed by atoms with Crippen LogP contribution < -0.4 is 5.73 Å². The summed E-state index contributed by atoms with van der Waals surface area (Å²) in [6.45, 7) is 2.30. The number of nitrogens with zero attached hydrogens (tertiary/aromatic N) is 1. The summed E-state index contributed by atoms with van der Waals surface area (Å²) in [5, 5.41) is 0. The fourth-order valence-electron chi connectivity index (χ4n) is 3.56. The van der Waals surface area contributed by atoms with Crippen molar-refractivity contribution in [3.63, 3.8) is 0 Å². The number of amides is 1. The zero-order chi connectivity index (χ0) is 13.2. The Morgan fingerprint density at radius 2 is 2.00 bits per heavy atom. The maximum absolute atomic E-state index is 12.6. The average molecular weight is 295 g/mol. The van der Waals surface area contributed by atoms with Gasteiger partial charge in [0.15, 0.2) is 0 Å². The summed E-state index contributed by atoms with van der Waals surface area (Å²) >= 11 is 0. The monoisotopic (exact) mass is 294 g/mol. The summed E-state index contributed by atoms with van der Waals surface area (Å²) in [4.78, 5) is 14.7. The zero-order valence-electron chi connectivity index (χ0n) is 11.8. The lowest BCUT2D eigenvalue weighted by atomic mass is 9.92. The molecule has 1 aromatic rings. The van der Waals surface area contributed by atoms with Crippen molar-refractivity contribution < 1.29 is 4.79 Å². The van der Waals surface area contributed by atoms with Crippen LogP contribution in [0.25, 0.3) is 0 Å². The summed E-state index contributed by atoms with van der Waals surface area (Å²) in [5.41, 5.74) is 8.50. The minimum absolute atomic E-state index is 0. The van der Waals surface area contributed by atoms with Gasteiger partial charge in [-0.3, -0.25) is 4.79 Å². The lowest BCUT2D eigenvalue weighted by Gasteiger charge is -2.32. The standard InChI is InChI=1S/C16H22N2O.ClH/c17-10-13-6-3-7-15(13)16(19)18-9-8-12-4-1-2-5-14(12)11-18;/h1-2,4-5,13,15H,3,6-11,17H2;1H/t13-,15-;/m1./s1. The van der Waals surface area contributed by atoms with E-state index in [1.165, 1.54) is 11.1 Å². The van der Waals surface area contributed by atoms with E-state index in [-0.39, 0.29) is 18.3 Å². The van der Waals surface area contributed by atoms with Crippen molar-refractivity contribution >= 4 is 18.3 Å². The second kappa shape index (κ2) is 6.59. The van der Waals surface area contributed by atoms with Crippen LogP contribution >= 0.6 is 12.4 Å². The van der Waals surface area contributed by atoms with E-state index in [0.717, 1.165) is 38.8 Å². The largest absolute Gasteiger partial charge is 0.338 e. The molecule has 1 amide bonds. The van der Waals surface area contributed by atoms with Gasteiger partial charge in [-0.05, 0) is 42.9 Å². The quantitative estimate of drug-likeness (QED) is 0.910. The number of carbonyl (C=O) groups excluding carboxylic acids is 1. The zero-order valence-corrected chi connectivity index (χ0v) is 12.6. The van der Waals surface area contributed by atoms with Crippen LogP contribution in [-0.2, 0) is 17.8 Å². The highest BCUT2D eigenvalue weighted by atomic mass is 35.5. The van der Waals surface area contributed by atoms with Gasteiger partial charge in [0.2, 0.25) is 5.91 Å². The molecule has 1 heterocycles. The molecular weight excluding hydrogens is 272 g/mol. The molecule has 0 aromatic heterocycles. The molecule has 1 saturated carbocycles. The summed E-state index contributed by atoms with van der Waals surface area (Å²) in [6, 6.07) is 8.46. The van der Waals surface area contributed by atoms with E-state index in [1.807, 2.05) is 4.90 Å². The third kappa shape index (κ3) is 2.84. The van der Waals surface area contributed by atoms with Gasteiger partial charge < -0.3 is 10.6 Å². The van der Waals surface area contributed by atoms with Crippen LogP contribution in [0.15, 0.2) is 24.3 Å². The summed E-state index contributed by atoms with van der Waals surface area (Å²) in [5.74, 6) is 0.919. The molecule has 20 heavy (non-hydrogen) atoms. The summed E-state index contributed by atoms with van der Waals surface area (Å²) in [7, 11) is 0. The molecule has 0 bridgehead atoms. The molecule has 0 radical (unpaired) electrons. The van der Waals surface area contributed by atoms with Crippen molar-refractivity contribution in [1.82, 2.24) is 4.90 Å². The van der Waals surface area contributed by atoms with Gasteiger partial charge in [0, 0.05) is 19.0 Å². The van der Waals surface area contributed by atoms with Crippen molar-refractivity contribution in [3.05, 3.63) is 35.4 Å². The van der Waals surface area contributed by atoms with Gasteiger partial charge in [-0.25, -0.2) is 0 Å². The highest BCUT2D eigenvalue weighted by Gasteiger charge is 2.35. The Morgan fingerprint density at radius 1 is 1.25 bits per heavy atom. The molecule has 0 spiro atoms. The molecule has 0 unspecified atom stereocenters. The first-order valence-corrected chi connectivity index (χ1v) is 7.35. The van der Waals surface area contributed by atoms with E-state index in [0.29, 0.717) is 18.4 Å². The van der Waals surface area contributed by atoms with Crippen molar-refractivity contribution in [3.8, 4) is 0 Å². The number of hydrogen-bond acceptors (Lipinski definition) is 2. The second-order valence-electron chi connectivity index (χ2n) is 5.81. The number of fused-ring (bicyclic) bond motifs is 1. The minimum atomic E-state index is 0. The van der Waals surface area contributed by atoms with Crippen molar-refractivity contribution in [2.45, 2.75) is 32.2 Å². The third-order valence-electron chi connectivity index (χ3n) is 4.72. The van der Waals surface area contributed by atoms with Gasteiger partial charge in [0.1, 0.15) is 0 Å². The Balaban J connectivity index is 0.00000147. The first-order chi connectivity index (χ1) is 9.29. The molecule has 4 heteroatoms. The maximum atomic E-state index is 12.6. The number of rotatable bonds is 2. The lowest BCUT2D eigenvalue weighted by molar-refractivity contribution is -0.137. The van der Waals surface area contributed by atoms with Gasteiger partial charge >= 0.3 is 0 Å². The summed E-state index contributed by atoms with van der Waals surface area (Å²) in [6.07, 6.45) is 4.29. The van der Waals surface area contributed by atoms with Crippen LogP contribution in [-0.4, -0.2) is 23.9 Å². The predicted molar refractivity (Wildman–Crippen MR) is 82.7 cm³/mol. The Labute approximate surface area is 126 Å². The molecule has 0 saturated heterocycles. The highest BCUT2D eigenvalue weighted by Crippen LogP contribution is 2.33. The Bertz CT molecular complexity index is 477. The number of benzene rings is 1. The summed E-state index contributed by atoms with van der Waals surface area (Å²) < 4.78 is 0. The van der Waals surface area contributed by atoms with Gasteiger partial charge in [-0.15, -0.1) is 12.4 Å². The number of halogens is 1. The predicted octanol–water partition coefficient (Wildman–Crippen LogP) is 2.37. The van der Waals surface area contributed by atoms with E-state index >= 15 is 0 Å². The highest BCUT2D eigenvalue weighted by molar-refractivity contribution is 5.85. The number of hydrogen-bond donors (Lipinski definition) is 1. The van der Waals surface area contributed by atoms with Crippen LogP contribution in [0.5, 0.6) is 0 Å². The van der Waals surface area contributed by atoms with E-state index in [4.69, 9.17) is 5.73 Å². The molecule has 1 fully saturated rings. The SMILES string of the molecule is Cl.NC[C@H]1CCC[C@H]1C(=O)N1CCc2ccccc2C1. The van der Waals surface area contributed by atoms with Crippen molar-refractivity contribution in [2.24, 2.45) is 17.6 Å². The number of nitrogens with two attached hydrogens (primary N) is 1. The molecule has 1 aliphatic heterocycles. The topological polar surface area (TPSA) is 46.3 Å². The van der Waals surface area contributed by atoms with Crippen LogP contribution in [0.1, 0.15) is 30.4 Å². The van der Waals surface area contributed by atoms with Crippen LogP contribution in [0, 0.1) is 11.8 Å². The van der Waals surface area contributed by atoms with Crippen molar-refractivity contribution in [2.75, 3.05) is 13.1 Å². The molecule has 110 valence electrons. The molecule has 1 aliphatic carbocycles. The smallest absolute Gasteiger partial charge is 0.226 e. The van der Waals surface area contributed by atoms with Gasteiger partial charge in [-0.2, -0.15) is 0 Å². The van der Waals surface area contributed by atoms with Crippen LogP contribution in [0.3, 0.4) is 0 Å². The van der Waals surface area contributed by atoms with Crippen LogP contribution in [0.2, 0.25) is 0 Å². The van der Waals surface area contributed by atoms with E-state index in [9.17, 15) is 4.79 Å². The Hall–Kier alpha value is -1.06.